The Bertz CT molecular complexity index is 794. The molecule has 0 heterocycles. The van der Waals surface area contributed by atoms with Crippen molar-refractivity contribution >= 4 is 23.3 Å². The normalized spacial score (nSPS) is 9.58. The van der Waals surface area contributed by atoms with E-state index in [1.54, 1.807) is 0 Å². The third kappa shape index (κ3) is 13.0. The van der Waals surface area contributed by atoms with Gasteiger partial charge < -0.3 is 21.1 Å². The van der Waals surface area contributed by atoms with Gasteiger partial charge in [0.15, 0.2) is 0 Å². The van der Waals surface area contributed by atoms with Gasteiger partial charge in [0.1, 0.15) is 0 Å². The van der Waals surface area contributed by atoms with E-state index in [4.69, 9.17) is 10.5 Å². The number of ether oxygens (including phenoxy) is 1. The summed E-state index contributed by atoms with van der Waals surface area (Å²) >= 11 is 0. The minimum atomic E-state index is -0.276. The average molecular weight is 430 g/mol. The van der Waals surface area contributed by atoms with Gasteiger partial charge in [0.25, 0.3) is 0 Å². The van der Waals surface area contributed by atoms with E-state index in [0.29, 0.717) is 32.5 Å². The number of rotatable bonds is 9. The van der Waals surface area contributed by atoms with Crippen molar-refractivity contribution in [3.8, 4) is 0 Å². The van der Waals surface area contributed by atoms with Crippen molar-refractivity contribution in [2.24, 2.45) is 5.73 Å². The standard InChI is InChI=1S/C13H19NO2.C11H16N2O.CH4/c1-4-16-13(15)5-6-14-12-8-10(2)7-11(3)9-12;1-8-5-9(2)7-10(6-8)13-4-3-11(12)14;/h7-9,14H,4-6H2,1-3H3;5-7,13H,3-4H2,1-2H3,(H2,12,14);1H4. The van der Waals surface area contributed by atoms with Crippen LogP contribution in [0.15, 0.2) is 36.4 Å². The molecular formula is C25H39N3O3. The molecule has 0 radical (unpaired) electrons. The third-order valence-corrected chi connectivity index (χ3v) is 4.11. The van der Waals surface area contributed by atoms with E-state index in [1.165, 1.54) is 22.3 Å². The fourth-order valence-electron chi connectivity index (χ4n) is 3.03. The Hall–Kier alpha value is -3.02. The average Bonchev–Trinajstić information content (AvgIpc) is 2.60. The molecule has 0 aliphatic heterocycles. The molecule has 6 nitrogen and oxygen atoms in total. The zero-order valence-corrected chi connectivity index (χ0v) is 18.8. The van der Waals surface area contributed by atoms with Gasteiger partial charge in [0.2, 0.25) is 5.91 Å². The summed E-state index contributed by atoms with van der Waals surface area (Å²) in [4.78, 5) is 21.6. The first-order valence-electron chi connectivity index (χ1n) is 10.3. The van der Waals surface area contributed by atoms with Crippen LogP contribution in [0.25, 0.3) is 0 Å². The Morgan fingerprint density at radius 3 is 1.52 bits per heavy atom. The van der Waals surface area contributed by atoms with Crippen LogP contribution in [-0.4, -0.2) is 31.6 Å². The van der Waals surface area contributed by atoms with Gasteiger partial charge in [0, 0.05) is 30.9 Å². The van der Waals surface area contributed by atoms with Crippen LogP contribution in [0, 0.1) is 27.7 Å². The number of anilines is 2. The summed E-state index contributed by atoms with van der Waals surface area (Å²) in [6.45, 7) is 11.7. The van der Waals surface area contributed by atoms with Crippen molar-refractivity contribution in [2.75, 3.05) is 30.3 Å². The van der Waals surface area contributed by atoms with Crippen LogP contribution >= 0.6 is 0 Å². The number of aryl methyl sites for hydroxylation is 4. The summed E-state index contributed by atoms with van der Waals surface area (Å²) in [6, 6.07) is 12.5. The summed E-state index contributed by atoms with van der Waals surface area (Å²) in [7, 11) is 0. The fourth-order valence-corrected chi connectivity index (χ4v) is 3.03. The van der Waals surface area contributed by atoms with E-state index in [1.807, 2.05) is 32.9 Å². The Labute approximate surface area is 187 Å². The quantitative estimate of drug-likeness (QED) is 0.493. The topological polar surface area (TPSA) is 93.4 Å². The van der Waals surface area contributed by atoms with Crippen LogP contribution < -0.4 is 16.4 Å². The molecule has 172 valence electrons. The minimum Gasteiger partial charge on any atom is -0.466 e. The van der Waals surface area contributed by atoms with Gasteiger partial charge in [-0.05, 0) is 81.1 Å². The van der Waals surface area contributed by atoms with Crippen LogP contribution in [0.1, 0.15) is 49.4 Å². The molecule has 0 bridgehead atoms. The Morgan fingerprint density at radius 2 is 1.16 bits per heavy atom. The number of hydrogen-bond donors (Lipinski definition) is 3. The number of amides is 1. The molecule has 2 aromatic rings. The summed E-state index contributed by atoms with van der Waals surface area (Å²) in [5.74, 6) is -0.429. The van der Waals surface area contributed by atoms with Crippen LogP contribution in [0.5, 0.6) is 0 Å². The van der Waals surface area contributed by atoms with E-state index in [0.717, 1.165) is 11.4 Å². The van der Waals surface area contributed by atoms with E-state index in [9.17, 15) is 9.59 Å². The number of carbonyl (C=O) groups excluding carboxylic acids is 2. The van der Waals surface area contributed by atoms with Crippen molar-refractivity contribution in [3.63, 3.8) is 0 Å². The highest BCUT2D eigenvalue weighted by Gasteiger charge is 2.01. The molecule has 0 spiro atoms. The number of hydrogen-bond acceptors (Lipinski definition) is 5. The lowest BCUT2D eigenvalue weighted by Gasteiger charge is -2.08. The lowest BCUT2D eigenvalue weighted by molar-refractivity contribution is -0.142. The Kier molecular flexibility index (Phi) is 13.4. The van der Waals surface area contributed by atoms with Crippen molar-refractivity contribution in [2.45, 2.75) is 54.9 Å². The Balaban J connectivity index is 0.000000567. The van der Waals surface area contributed by atoms with Gasteiger partial charge >= 0.3 is 5.97 Å². The van der Waals surface area contributed by atoms with Gasteiger partial charge in [-0.15, -0.1) is 0 Å². The molecule has 0 fully saturated rings. The predicted octanol–water partition coefficient (Wildman–Crippen LogP) is 4.90. The molecule has 0 saturated heterocycles. The lowest BCUT2D eigenvalue weighted by Crippen LogP contribution is -2.15. The van der Waals surface area contributed by atoms with E-state index >= 15 is 0 Å². The largest absolute Gasteiger partial charge is 0.466 e. The molecule has 2 rings (SSSR count). The van der Waals surface area contributed by atoms with Crippen molar-refractivity contribution in [1.29, 1.82) is 0 Å². The van der Waals surface area contributed by atoms with Gasteiger partial charge in [-0.1, -0.05) is 19.6 Å². The number of nitrogens with two attached hydrogens (primary N) is 1. The zero-order valence-electron chi connectivity index (χ0n) is 18.8. The Morgan fingerprint density at radius 1 is 0.774 bits per heavy atom. The number of primary amides is 1. The molecule has 0 unspecified atom stereocenters. The minimum absolute atomic E-state index is 0. The zero-order chi connectivity index (χ0) is 22.5. The SMILES string of the molecule is C.CCOC(=O)CCNc1cc(C)cc(C)c1.Cc1cc(C)cc(NCCC(N)=O)c1. The summed E-state index contributed by atoms with van der Waals surface area (Å²) < 4.78 is 4.85. The smallest absolute Gasteiger partial charge is 0.307 e. The second-order valence-corrected chi connectivity index (χ2v) is 7.38. The second-order valence-electron chi connectivity index (χ2n) is 7.38. The van der Waals surface area contributed by atoms with Crippen LogP contribution in [0.3, 0.4) is 0 Å². The second kappa shape index (κ2) is 14.9. The van der Waals surface area contributed by atoms with Crippen molar-refractivity contribution in [3.05, 3.63) is 58.7 Å². The van der Waals surface area contributed by atoms with E-state index in [2.05, 4.69) is 48.7 Å². The summed E-state index contributed by atoms with van der Waals surface area (Å²) in [5.41, 5.74) is 12.0. The first kappa shape index (κ1) is 28.0. The van der Waals surface area contributed by atoms with Crippen LogP contribution in [0.4, 0.5) is 11.4 Å². The number of benzene rings is 2. The van der Waals surface area contributed by atoms with Gasteiger partial charge in [0.05, 0.1) is 13.0 Å². The molecular weight excluding hydrogens is 390 g/mol. The molecule has 0 atom stereocenters. The molecule has 0 aliphatic rings. The number of carbonyl (C=O) groups is 2. The number of esters is 1. The summed E-state index contributed by atoms with van der Waals surface area (Å²) in [5, 5.41) is 6.37. The molecule has 2 aromatic carbocycles. The van der Waals surface area contributed by atoms with Gasteiger partial charge in [-0.3, -0.25) is 9.59 Å². The van der Waals surface area contributed by atoms with Crippen LogP contribution in [0.2, 0.25) is 0 Å². The third-order valence-electron chi connectivity index (χ3n) is 4.11. The molecule has 4 N–H and O–H groups in total. The van der Waals surface area contributed by atoms with Gasteiger partial charge in [-0.25, -0.2) is 0 Å². The maximum Gasteiger partial charge on any atom is 0.307 e. The van der Waals surface area contributed by atoms with E-state index in [-0.39, 0.29) is 19.3 Å². The number of nitrogens with one attached hydrogen (secondary N) is 2. The fraction of sp³-hybridized carbons (Fsp3) is 0.440. The monoisotopic (exact) mass is 429 g/mol. The van der Waals surface area contributed by atoms with Gasteiger partial charge in [-0.2, -0.15) is 0 Å². The molecule has 0 aromatic heterocycles. The first-order valence-corrected chi connectivity index (χ1v) is 10.3. The molecule has 0 saturated carbocycles. The molecule has 1 amide bonds. The molecule has 6 heteroatoms. The predicted molar refractivity (Wildman–Crippen MR) is 131 cm³/mol. The lowest BCUT2D eigenvalue weighted by atomic mass is 10.1. The maximum atomic E-state index is 11.1. The highest BCUT2D eigenvalue weighted by molar-refractivity contribution is 5.74. The highest BCUT2D eigenvalue weighted by Crippen LogP contribution is 2.14. The van der Waals surface area contributed by atoms with E-state index < -0.39 is 0 Å². The first-order chi connectivity index (χ1) is 14.2. The highest BCUT2D eigenvalue weighted by atomic mass is 16.5. The van der Waals surface area contributed by atoms with Crippen LogP contribution in [-0.2, 0) is 14.3 Å². The summed E-state index contributed by atoms with van der Waals surface area (Å²) in [6.07, 6.45) is 0.772. The maximum absolute atomic E-state index is 11.1. The molecule has 31 heavy (non-hydrogen) atoms. The van der Waals surface area contributed by atoms with Crippen molar-refractivity contribution in [1.82, 2.24) is 0 Å². The molecule has 0 aliphatic carbocycles. The van der Waals surface area contributed by atoms with Crippen molar-refractivity contribution < 1.29 is 14.3 Å².